The molecule has 3 heteroatoms. The van der Waals surface area contributed by atoms with E-state index in [4.69, 9.17) is 10.5 Å². The molecule has 0 aliphatic heterocycles. The Morgan fingerprint density at radius 1 is 1.21 bits per heavy atom. The van der Waals surface area contributed by atoms with Gasteiger partial charge >= 0.3 is 0 Å². The maximum absolute atomic E-state index is 10.9. The van der Waals surface area contributed by atoms with E-state index in [1.807, 2.05) is 0 Å². The molecule has 0 atom stereocenters. The predicted octanol–water partition coefficient (Wildman–Crippen LogP) is 2.34. The fourth-order valence-corrected chi connectivity index (χ4v) is 1.18. The number of rotatable bonds is 6. The minimum atomic E-state index is -0.00976. The molecule has 3 nitrogen and oxygen atoms in total. The standard InChI is InChI=1S/C11H16NO2/c12-7-2-1-3-8-14-11-6-4-5-10(13)9-11/h4-6,9H,1-3,7-8,12H2. The Bertz CT molecular complexity index is 263. The molecule has 0 heterocycles. The second-order valence-corrected chi connectivity index (χ2v) is 3.17. The number of unbranched alkanes of at least 4 members (excludes halogenated alkanes) is 2. The van der Waals surface area contributed by atoms with E-state index in [2.05, 4.69) is 0 Å². The molecule has 14 heavy (non-hydrogen) atoms. The lowest BCUT2D eigenvalue weighted by Crippen LogP contribution is -2.01. The Balaban J connectivity index is 2.18. The van der Waals surface area contributed by atoms with Crippen LogP contribution in [0, 0.1) is 0 Å². The zero-order chi connectivity index (χ0) is 10.2. The molecule has 1 aromatic rings. The van der Waals surface area contributed by atoms with Gasteiger partial charge in [0.05, 0.1) is 6.61 Å². The van der Waals surface area contributed by atoms with E-state index in [1.165, 1.54) is 12.1 Å². The Morgan fingerprint density at radius 2 is 2.07 bits per heavy atom. The van der Waals surface area contributed by atoms with Crippen LogP contribution in [0.1, 0.15) is 19.3 Å². The summed E-state index contributed by atoms with van der Waals surface area (Å²) in [6, 6.07) is 6.52. The molecular formula is C11H16NO2. The molecule has 0 aliphatic carbocycles. The van der Waals surface area contributed by atoms with Crippen LogP contribution in [0.25, 0.3) is 0 Å². The summed E-state index contributed by atoms with van der Waals surface area (Å²) in [5, 5.41) is 10.9. The third-order valence-electron chi connectivity index (χ3n) is 1.92. The second kappa shape index (κ2) is 6.27. The zero-order valence-corrected chi connectivity index (χ0v) is 8.24. The number of hydrogen-bond donors (Lipinski definition) is 1. The number of benzene rings is 1. The third kappa shape index (κ3) is 4.14. The van der Waals surface area contributed by atoms with Crippen molar-refractivity contribution in [1.82, 2.24) is 0 Å². The Hall–Kier alpha value is -1.22. The molecule has 0 amide bonds. The van der Waals surface area contributed by atoms with Crippen LogP contribution in [0.3, 0.4) is 0 Å². The molecule has 0 bridgehead atoms. The van der Waals surface area contributed by atoms with Crippen LogP contribution in [-0.4, -0.2) is 13.2 Å². The topological polar surface area (TPSA) is 55.1 Å². The lowest BCUT2D eigenvalue weighted by atomic mass is 10.2. The van der Waals surface area contributed by atoms with Crippen molar-refractivity contribution in [2.45, 2.75) is 19.3 Å². The summed E-state index contributed by atoms with van der Waals surface area (Å²) in [5.74, 6) is 0.648. The molecule has 0 spiro atoms. The highest BCUT2D eigenvalue weighted by molar-refractivity contribution is 5.31. The quantitative estimate of drug-likeness (QED) is 0.706. The molecule has 1 radical (unpaired) electrons. The molecule has 0 saturated carbocycles. The van der Waals surface area contributed by atoms with Crippen molar-refractivity contribution < 1.29 is 9.84 Å². The maximum Gasteiger partial charge on any atom is 0.182 e. The van der Waals surface area contributed by atoms with Crippen molar-refractivity contribution in [3.8, 4) is 11.5 Å². The molecule has 2 N–H and O–H groups in total. The van der Waals surface area contributed by atoms with Crippen molar-refractivity contribution in [2.75, 3.05) is 13.2 Å². The van der Waals surface area contributed by atoms with E-state index in [1.54, 1.807) is 12.1 Å². The SMILES string of the molecule is NCCCCCOc1cccc([O])c1. The van der Waals surface area contributed by atoms with Crippen molar-refractivity contribution in [2.24, 2.45) is 5.73 Å². The highest BCUT2D eigenvalue weighted by Crippen LogP contribution is 2.18. The molecule has 0 fully saturated rings. The van der Waals surface area contributed by atoms with Gasteiger partial charge in [-0.3, -0.25) is 5.11 Å². The van der Waals surface area contributed by atoms with Crippen LogP contribution in [0.5, 0.6) is 11.5 Å². The van der Waals surface area contributed by atoms with E-state index < -0.39 is 0 Å². The minimum absolute atomic E-state index is 0.00976. The predicted molar refractivity (Wildman–Crippen MR) is 55.0 cm³/mol. The molecule has 0 aromatic heterocycles. The number of ether oxygens (including phenoxy) is 1. The Morgan fingerprint density at radius 3 is 2.79 bits per heavy atom. The van der Waals surface area contributed by atoms with Crippen molar-refractivity contribution in [1.29, 1.82) is 0 Å². The van der Waals surface area contributed by atoms with Gasteiger partial charge in [-0.05, 0) is 37.9 Å². The average Bonchev–Trinajstić information content (AvgIpc) is 2.18. The first-order valence-electron chi connectivity index (χ1n) is 4.93. The van der Waals surface area contributed by atoms with Crippen molar-refractivity contribution in [3.63, 3.8) is 0 Å². The van der Waals surface area contributed by atoms with Gasteiger partial charge in [0, 0.05) is 6.07 Å². The van der Waals surface area contributed by atoms with Gasteiger partial charge in [0.15, 0.2) is 5.75 Å². The van der Waals surface area contributed by atoms with E-state index in [0.29, 0.717) is 12.4 Å². The molecule has 0 saturated heterocycles. The Kier molecular flexibility index (Phi) is 4.86. The van der Waals surface area contributed by atoms with Crippen molar-refractivity contribution >= 4 is 0 Å². The van der Waals surface area contributed by atoms with Crippen LogP contribution in [0.15, 0.2) is 24.3 Å². The van der Waals surface area contributed by atoms with Crippen LogP contribution in [0.2, 0.25) is 0 Å². The molecule has 77 valence electrons. The monoisotopic (exact) mass is 194 g/mol. The second-order valence-electron chi connectivity index (χ2n) is 3.17. The summed E-state index contributed by atoms with van der Waals surface area (Å²) in [4.78, 5) is 0. The van der Waals surface area contributed by atoms with Gasteiger partial charge in [-0.1, -0.05) is 6.07 Å². The van der Waals surface area contributed by atoms with Gasteiger partial charge in [-0.25, -0.2) is 0 Å². The molecule has 1 rings (SSSR count). The first kappa shape index (κ1) is 10.9. The normalized spacial score (nSPS) is 10.1. The molecule has 0 aliphatic rings. The minimum Gasteiger partial charge on any atom is -0.493 e. The van der Waals surface area contributed by atoms with Gasteiger partial charge in [-0.2, -0.15) is 0 Å². The van der Waals surface area contributed by atoms with Gasteiger partial charge < -0.3 is 10.5 Å². The summed E-state index contributed by atoms with van der Waals surface area (Å²) in [7, 11) is 0. The molecule has 0 unspecified atom stereocenters. The number of nitrogens with two attached hydrogens (primary N) is 1. The smallest absolute Gasteiger partial charge is 0.182 e. The molecule has 1 aromatic carbocycles. The summed E-state index contributed by atoms with van der Waals surface area (Å²) in [6.45, 7) is 1.39. The van der Waals surface area contributed by atoms with E-state index >= 15 is 0 Å². The maximum atomic E-state index is 10.9. The Labute approximate surface area is 84.5 Å². The van der Waals surface area contributed by atoms with Crippen molar-refractivity contribution in [3.05, 3.63) is 24.3 Å². The van der Waals surface area contributed by atoms with Gasteiger partial charge in [0.1, 0.15) is 5.75 Å². The lowest BCUT2D eigenvalue weighted by molar-refractivity contribution is 0.300. The first-order chi connectivity index (χ1) is 6.83. The van der Waals surface area contributed by atoms with Gasteiger partial charge in [0.25, 0.3) is 0 Å². The third-order valence-corrected chi connectivity index (χ3v) is 1.92. The summed E-state index contributed by atoms with van der Waals surface area (Å²) in [5.41, 5.74) is 5.36. The average molecular weight is 194 g/mol. The van der Waals surface area contributed by atoms with E-state index in [0.717, 1.165) is 25.8 Å². The van der Waals surface area contributed by atoms with Crippen LogP contribution in [-0.2, 0) is 5.11 Å². The molecular weight excluding hydrogens is 178 g/mol. The van der Waals surface area contributed by atoms with Crippen LogP contribution < -0.4 is 10.5 Å². The lowest BCUT2D eigenvalue weighted by Gasteiger charge is -2.04. The van der Waals surface area contributed by atoms with Crippen LogP contribution >= 0.6 is 0 Å². The fraction of sp³-hybridized carbons (Fsp3) is 0.455. The van der Waals surface area contributed by atoms with E-state index in [-0.39, 0.29) is 5.75 Å². The summed E-state index contributed by atoms with van der Waals surface area (Å²) < 4.78 is 5.39. The van der Waals surface area contributed by atoms with Gasteiger partial charge in [0.2, 0.25) is 0 Å². The first-order valence-corrected chi connectivity index (χ1v) is 4.93. The largest absolute Gasteiger partial charge is 0.493 e. The summed E-state index contributed by atoms with van der Waals surface area (Å²) in [6.07, 6.45) is 3.10. The van der Waals surface area contributed by atoms with Crippen LogP contribution in [0.4, 0.5) is 0 Å². The summed E-state index contributed by atoms with van der Waals surface area (Å²) >= 11 is 0. The highest BCUT2D eigenvalue weighted by atomic mass is 16.5. The van der Waals surface area contributed by atoms with Gasteiger partial charge in [-0.15, -0.1) is 0 Å². The van der Waals surface area contributed by atoms with E-state index in [9.17, 15) is 5.11 Å². The number of hydrogen-bond acceptors (Lipinski definition) is 2. The zero-order valence-electron chi connectivity index (χ0n) is 8.24. The highest BCUT2D eigenvalue weighted by Gasteiger charge is 1.95. The fourth-order valence-electron chi connectivity index (χ4n) is 1.18.